The van der Waals surface area contributed by atoms with Gasteiger partial charge in [-0.05, 0) is 25.0 Å². The van der Waals surface area contributed by atoms with Crippen molar-refractivity contribution >= 4 is 28.9 Å². The van der Waals surface area contributed by atoms with E-state index in [1.165, 1.54) is 13.2 Å². The lowest BCUT2D eigenvalue weighted by Gasteiger charge is -2.18. The van der Waals surface area contributed by atoms with Crippen molar-refractivity contribution in [3.63, 3.8) is 0 Å². The summed E-state index contributed by atoms with van der Waals surface area (Å²) in [7, 11) is 0. The van der Waals surface area contributed by atoms with Crippen molar-refractivity contribution in [2.45, 2.75) is 32.8 Å². The molecule has 0 radical (unpaired) electrons. The van der Waals surface area contributed by atoms with Crippen molar-refractivity contribution in [1.82, 2.24) is 10.2 Å². The van der Waals surface area contributed by atoms with E-state index in [1.807, 2.05) is 18.2 Å². The second kappa shape index (κ2) is 6.96. The van der Waals surface area contributed by atoms with Gasteiger partial charge in [0, 0.05) is 24.0 Å². The first-order valence-corrected chi connectivity index (χ1v) is 8.27. The SMILES string of the molecule is CCc1ccc2c(CC(=O)O[C@@H](C)C(=O)N3CCNC3=O)coc2c1. The quantitative estimate of drug-likeness (QED) is 0.838. The number of benzene rings is 1. The lowest BCUT2D eigenvalue weighted by molar-refractivity contribution is -0.156. The van der Waals surface area contributed by atoms with E-state index >= 15 is 0 Å². The maximum Gasteiger partial charge on any atom is 0.324 e. The van der Waals surface area contributed by atoms with Gasteiger partial charge in [0.1, 0.15) is 5.58 Å². The minimum atomic E-state index is -1.01. The third kappa shape index (κ3) is 3.50. The summed E-state index contributed by atoms with van der Waals surface area (Å²) >= 11 is 0. The number of fused-ring (bicyclic) bond motifs is 1. The number of hydrogen-bond acceptors (Lipinski definition) is 5. The van der Waals surface area contributed by atoms with Crippen LogP contribution in [0.4, 0.5) is 4.79 Å². The first-order valence-electron chi connectivity index (χ1n) is 8.27. The molecule has 0 bridgehead atoms. The zero-order chi connectivity index (χ0) is 18.0. The number of amides is 3. The average Bonchev–Trinajstić information content (AvgIpc) is 3.20. The maximum atomic E-state index is 12.2. The Morgan fingerprint density at radius 2 is 2.20 bits per heavy atom. The van der Waals surface area contributed by atoms with E-state index in [0.717, 1.165) is 27.9 Å². The van der Waals surface area contributed by atoms with E-state index in [1.54, 1.807) is 0 Å². The first kappa shape index (κ1) is 17.0. The standard InChI is InChI=1S/C18H20N2O5/c1-3-12-4-5-14-13(10-24-15(14)8-12)9-16(21)25-11(2)17(22)20-7-6-19-18(20)23/h4-5,8,10-11H,3,6-7,9H2,1-2H3,(H,19,23)/t11-/m0/s1. The summed E-state index contributed by atoms with van der Waals surface area (Å²) in [6.45, 7) is 4.21. The summed E-state index contributed by atoms with van der Waals surface area (Å²) in [4.78, 5) is 36.9. The number of aryl methyl sites for hydroxylation is 1. The van der Waals surface area contributed by atoms with Gasteiger partial charge >= 0.3 is 12.0 Å². The molecule has 1 aromatic carbocycles. The molecule has 1 fully saturated rings. The monoisotopic (exact) mass is 344 g/mol. The fourth-order valence-corrected chi connectivity index (χ4v) is 2.83. The maximum absolute atomic E-state index is 12.2. The Labute approximate surface area is 144 Å². The molecule has 1 saturated heterocycles. The molecular formula is C18H20N2O5. The lowest BCUT2D eigenvalue weighted by atomic mass is 10.1. The second-order valence-electron chi connectivity index (χ2n) is 5.98. The van der Waals surface area contributed by atoms with Crippen LogP contribution in [-0.2, 0) is 27.2 Å². The van der Waals surface area contributed by atoms with Crippen LogP contribution >= 0.6 is 0 Å². The average molecular weight is 344 g/mol. The van der Waals surface area contributed by atoms with Crippen molar-refractivity contribution < 1.29 is 23.5 Å². The van der Waals surface area contributed by atoms with Crippen LogP contribution in [0.1, 0.15) is 25.0 Å². The number of hydrogen-bond donors (Lipinski definition) is 1. The van der Waals surface area contributed by atoms with Crippen LogP contribution in [0.3, 0.4) is 0 Å². The zero-order valence-corrected chi connectivity index (χ0v) is 14.2. The Morgan fingerprint density at radius 3 is 2.88 bits per heavy atom. The van der Waals surface area contributed by atoms with Crippen LogP contribution < -0.4 is 5.32 Å². The molecule has 1 atom stereocenters. The molecule has 7 heteroatoms. The third-order valence-electron chi connectivity index (χ3n) is 4.24. The number of esters is 1. The summed E-state index contributed by atoms with van der Waals surface area (Å²) in [6, 6.07) is 5.40. The molecule has 1 N–H and O–H groups in total. The molecule has 132 valence electrons. The van der Waals surface area contributed by atoms with E-state index in [-0.39, 0.29) is 13.0 Å². The lowest BCUT2D eigenvalue weighted by Crippen LogP contribution is -2.42. The number of furan rings is 1. The topological polar surface area (TPSA) is 88.9 Å². The van der Waals surface area contributed by atoms with Gasteiger partial charge in [-0.1, -0.05) is 19.1 Å². The highest BCUT2D eigenvalue weighted by molar-refractivity contribution is 5.98. The molecule has 0 unspecified atom stereocenters. The fourth-order valence-electron chi connectivity index (χ4n) is 2.83. The number of carbonyl (C=O) groups excluding carboxylic acids is 3. The van der Waals surface area contributed by atoms with Gasteiger partial charge in [0.15, 0.2) is 6.10 Å². The Morgan fingerprint density at radius 1 is 1.40 bits per heavy atom. The van der Waals surface area contributed by atoms with Gasteiger partial charge in [-0.25, -0.2) is 4.79 Å². The van der Waals surface area contributed by atoms with E-state index in [4.69, 9.17) is 9.15 Å². The Kier molecular flexibility index (Phi) is 4.74. The highest BCUT2D eigenvalue weighted by atomic mass is 16.5. The van der Waals surface area contributed by atoms with Gasteiger partial charge in [-0.2, -0.15) is 0 Å². The van der Waals surface area contributed by atoms with Crippen molar-refractivity contribution in [3.8, 4) is 0 Å². The summed E-state index contributed by atoms with van der Waals surface area (Å²) < 4.78 is 10.7. The van der Waals surface area contributed by atoms with Crippen LogP contribution in [0, 0.1) is 0 Å². The van der Waals surface area contributed by atoms with E-state index < -0.39 is 24.0 Å². The smallest absolute Gasteiger partial charge is 0.324 e. The van der Waals surface area contributed by atoms with Crippen LogP contribution in [0.2, 0.25) is 0 Å². The van der Waals surface area contributed by atoms with Crippen molar-refractivity contribution in [3.05, 3.63) is 35.6 Å². The molecule has 0 aliphatic carbocycles. The zero-order valence-electron chi connectivity index (χ0n) is 14.2. The molecule has 3 rings (SSSR count). The third-order valence-corrected chi connectivity index (χ3v) is 4.24. The molecule has 1 aliphatic rings. The van der Waals surface area contributed by atoms with Crippen molar-refractivity contribution in [2.75, 3.05) is 13.1 Å². The summed E-state index contributed by atoms with van der Waals surface area (Å²) in [5.41, 5.74) is 2.58. The van der Waals surface area contributed by atoms with Gasteiger partial charge in [0.2, 0.25) is 0 Å². The largest absolute Gasteiger partial charge is 0.464 e. The molecule has 3 amide bonds. The Bertz CT molecular complexity index is 826. The molecule has 2 aromatic rings. The van der Waals surface area contributed by atoms with E-state index in [0.29, 0.717) is 12.1 Å². The molecular weight excluding hydrogens is 324 g/mol. The van der Waals surface area contributed by atoms with Crippen LogP contribution in [-0.4, -0.2) is 42.0 Å². The van der Waals surface area contributed by atoms with E-state index in [2.05, 4.69) is 12.2 Å². The number of urea groups is 1. The Balaban J connectivity index is 1.64. The molecule has 0 saturated carbocycles. The van der Waals surface area contributed by atoms with E-state index in [9.17, 15) is 14.4 Å². The highest BCUT2D eigenvalue weighted by Crippen LogP contribution is 2.23. The molecule has 1 aliphatic heterocycles. The number of nitrogens with zero attached hydrogens (tertiary/aromatic N) is 1. The Hall–Kier alpha value is -2.83. The predicted octanol–water partition coefficient (Wildman–Crippen LogP) is 2.02. The van der Waals surface area contributed by atoms with Crippen LogP contribution in [0.5, 0.6) is 0 Å². The number of carbonyl (C=O) groups is 3. The van der Waals surface area contributed by atoms with Crippen LogP contribution in [0.25, 0.3) is 11.0 Å². The van der Waals surface area contributed by atoms with Gasteiger partial charge in [0.05, 0.1) is 12.7 Å². The van der Waals surface area contributed by atoms with Gasteiger partial charge in [-0.15, -0.1) is 0 Å². The summed E-state index contributed by atoms with van der Waals surface area (Å²) in [6.07, 6.45) is 1.42. The number of rotatable bonds is 5. The summed E-state index contributed by atoms with van der Waals surface area (Å²) in [5, 5.41) is 3.39. The fraction of sp³-hybridized carbons (Fsp3) is 0.389. The molecule has 2 heterocycles. The predicted molar refractivity (Wildman–Crippen MR) is 90.0 cm³/mol. The van der Waals surface area contributed by atoms with Gasteiger partial charge < -0.3 is 14.5 Å². The molecule has 25 heavy (non-hydrogen) atoms. The molecule has 0 spiro atoms. The molecule has 7 nitrogen and oxygen atoms in total. The minimum Gasteiger partial charge on any atom is -0.464 e. The number of nitrogens with one attached hydrogen (secondary N) is 1. The summed E-state index contributed by atoms with van der Waals surface area (Å²) in [5.74, 6) is -1.06. The van der Waals surface area contributed by atoms with Gasteiger partial charge in [0.25, 0.3) is 5.91 Å². The molecule has 1 aromatic heterocycles. The number of imide groups is 1. The van der Waals surface area contributed by atoms with Gasteiger partial charge in [-0.3, -0.25) is 14.5 Å². The van der Waals surface area contributed by atoms with Crippen molar-refractivity contribution in [1.29, 1.82) is 0 Å². The first-order chi connectivity index (χ1) is 12.0. The normalized spacial score (nSPS) is 15.3. The number of ether oxygens (including phenoxy) is 1. The van der Waals surface area contributed by atoms with Crippen LogP contribution in [0.15, 0.2) is 28.9 Å². The van der Waals surface area contributed by atoms with Crippen molar-refractivity contribution in [2.24, 2.45) is 0 Å². The highest BCUT2D eigenvalue weighted by Gasteiger charge is 2.31. The minimum absolute atomic E-state index is 0.00227. The second-order valence-corrected chi connectivity index (χ2v) is 5.98.